The molecule has 0 radical (unpaired) electrons. The summed E-state index contributed by atoms with van der Waals surface area (Å²) >= 11 is 0. The Morgan fingerprint density at radius 2 is 0.831 bits per heavy atom. The number of aromatic nitrogens is 2. The molecule has 0 spiro atoms. The number of fused-ring (bicyclic) bond motifs is 5. The molecule has 0 unspecified atom stereocenters. The second-order valence-electron chi connectivity index (χ2n) is 16.1. The predicted octanol–water partition coefficient (Wildman–Crippen LogP) is 15.1. The predicted molar refractivity (Wildman–Crippen MR) is 247 cm³/mol. The molecule has 11 rings (SSSR count). The summed E-state index contributed by atoms with van der Waals surface area (Å²) in [4.78, 5) is 10.5. The minimum atomic E-state index is -0.120. The van der Waals surface area contributed by atoms with Crippen LogP contribution in [0.15, 0.2) is 206 Å². The van der Waals surface area contributed by atoms with Crippen LogP contribution in [0.3, 0.4) is 0 Å². The van der Waals surface area contributed by atoms with Crippen LogP contribution in [-0.2, 0) is 5.41 Å². The molecule has 0 amide bonds. The van der Waals surface area contributed by atoms with Gasteiger partial charge in [0.15, 0.2) is 5.82 Å². The average molecular weight is 753 g/mol. The molecule has 0 aliphatic heterocycles. The lowest BCUT2D eigenvalue weighted by atomic mass is 9.81. The first-order chi connectivity index (χ1) is 29.0. The van der Waals surface area contributed by atoms with Crippen LogP contribution in [0.25, 0.3) is 100.0 Å². The summed E-state index contributed by atoms with van der Waals surface area (Å²) in [6.07, 6.45) is 0. The number of hydrogen-bond acceptors (Lipinski definition) is 2. The van der Waals surface area contributed by atoms with Gasteiger partial charge in [-0.05, 0) is 95.4 Å². The SMILES string of the molecule is CC1(C)c2cc3ccccc3cc2-c2c(-c3ccccc3-c3ccc(-c4cc(-c5ccccc5-c5ccccc5)nc(-c5ccccc5)n4)c4ccccc34)cccc21. The quantitative estimate of drug-likeness (QED) is 0.169. The van der Waals surface area contributed by atoms with Crippen molar-refractivity contribution in [3.63, 3.8) is 0 Å². The van der Waals surface area contributed by atoms with Crippen molar-refractivity contribution in [1.82, 2.24) is 9.97 Å². The van der Waals surface area contributed by atoms with Gasteiger partial charge in [0, 0.05) is 22.1 Å². The maximum atomic E-state index is 5.30. The van der Waals surface area contributed by atoms with E-state index in [1.54, 1.807) is 0 Å². The maximum absolute atomic E-state index is 5.30. The first kappa shape index (κ1) is 34.8. The summed E-state index contributed by atoms with van der Waals surface area (Å²) in [6, 6.07) is 74.3. The smallest absolute Gasteiger partial charge is 0.160 e. The second kappa shape index (κ2) is 13.9. The summed E-state index contributed by atoms with van der Waals surface area (Å²) in [5.74, 6) is 0.702. The molecule has 2 nitrogen and oxygen atoms in total. The van der Waals surface area contributed by atoms with Gasteiger partial charge in [0.2, 0.25) is 0 Å². The van der Waals surface area contributed by atoms with Crippen LogP contribution in [-0.4, -0.2) is 9.97 Å². The van der Waals surface area contributed by atoms with Crippen LogP contribution in [0.2, 0.25) is 0 Å². The van der Waals surface area contributed by atoms with Gasteiger partial charge < -0.3 is 0 Å². The lowest BCUT2D eigenvalue weighted by Gasteiger charge is -2.22. The van der Waals surface area contributed by atoms with Crippen molar-refractivity contribution in [1.29, 1.82) is 0 Å². The van der Waals surface area contributed by atoms with E-state index in [-0.39, 0.29) is 5.41 Å². The Balaban J connectivity index is 1.10. The third-order valence-corrected chi connectivity index (χ3v) is 12.3. The third kappa shape index (κ3) is 5.79. The largest absolute Gasteiger partial charge is 0.228 e. The molecular formula is C57H40N2. The molecule has 0 atom stereocenters. The van der Waals surface area contributed by atoms with E-state index in [9.17, 15) is 0 Å². The number of nitrogens with zero attached hydrogens (tertiary/aromatic N) is 2. The molecule has 9 aromatic carbocycles. The standard InChI is InChI=1S/C57H40N2/c1-57(2)51-31-17-30-49(55(51)50-34-39-22-9-10-23-40(39)35-52(50)57)45-28-15-13-26-43(45)46-32-33-48(44-27-14-12-25-42(44)46)54-36-53(58-56(59-54)38-20-7-4-8-21-38)47-29-16-11-24-41(47)37-18-5-3-6-19-37/h3-36H,1-2H3. The Kier molecular flexibility index (Phi) is 8.20. The highest BCUT2D eigenvalue weighted by Gasteiger charge is 2.37. The van der Waals surface area contributed by atoms with E-state index in [4.69, 9.17) is 9.97 Å². The van der Waals surface area contributed by atoms with E-state index < -0.39 is 0 Å². The fourth-order valence-corrected chi connectivity index (χ4v) is 9.42. The van der Waals surface area contributed by atoms with E-state index in [1.807, 2.05) is 6.07 Å². The molecule has 10 aromatic rings. The molecule has 278 valence electrons. The van der Waals surface area contributed by atoms with E-state index in [1.165, 1.54) is 60.7 Å². The molecular weight excluding hydrogens is 713 g/mol. The molecule has 2 heteroatoms. The van der Waals surface area contributed by atoms with Crippen molar-refractivity contribution < 1.29 is 0 Å². The Hall–Kier alpha value is -7.42. The van der Waals surface area contributed by atoms with E-state index in [2.05, 4.69) is 214 Å². The number of rotatable bonds is 6. The zero-order chi connectivity index (χ0) is 39.5. The Bertz CT molecular complexity index is 3230. The molecule has 0 saturated heterocycles. The zero-order valence-electron chi connectivity index (χ0n) is 33.0. The van der Waals surface area contributed by atoms with Crippen molar-refractivity contribution in [2.45, 2.75) is 19.3 Å². The second-order valence-corrected chi connectivity index (χ2v) is 16.1. The highest BCUT2D eigenvalue weighted by molar-refractivity contribution is 6.08. The monoisotopic (exact) mass is 752 g/mol. The van der Waals surface area contributed by atoms with Crippen molar-refractivity contribution in [3.05, 3.63) is 217 Å². The highest BCUT2D eigenvalue weighted by atomic mass is 14.9. The zero-order valence-corrected chi connectivity index (χ0v) is 33.0. The summed E-state index contributed by atoms with van der Waals surface area (Å²) < 4.78 is 0. The Morgan fingerprint density at radius 3 is 1.54 bits per heavy atom. The van der Waals surface area contributed by atoms with Gasteiger partial charge in [-0.15, -0.1) is 0 Å². The van der Waals surface area contributed by atoms with Crippen LogP contribution in [0.1, 0.15) is 25.0 Å². The van der Waals surface area contributed by atoms with Gasteiger partial charge in [0.05, 0.1) is 11.4 Å². The van der Waals surface area contributed by atoms with Gasteiger partial charge >= 0.3 is 0 Å². The molecule has 0 N–H and O–H groups in total. The molecule has 0 bridgehead atoms. The van der Waals surface area contributed by atoms with Crippen LogP contribution >= 0.6 is 0 Å². The van der Waals surface area contributed by atoms with Crippen molar-refractivity contribution in [3.8, 4) is 78.4 Å². The molecule has 1 aromatic heterocycles. The van der Waals surface area contributed by atoms with Crippen LogP contribution in [0, 0.1) is 0 Å². The number of benzene rings is 9. The molecule has 0 fully saturated rings. The third-order valence-electron chi connectivity index (χ3n) is 12.3. The molecule has 1 aliphatic rings. The topological polar surface area (TPSA) is 25.8 Å². The van der Waals surface area contributed by atoms with Gasteiger partial charge in [-0.3, -0.25) is 0 Å². The van der Waals surface area contributed by atoms with E-state index in [0.29, 0.717) is 5.82 Å². The lowest BCUT2D eigenvalue weighted by molar-refractivity contribution is 0.661. The first-order valence-corrected chi connectivity index (χ1v) is 20.4. The van der Waals surface area contributed by atoms with Gasteiger partial charge in [-0.25, -0.2) is 9.97 Å². The van der Waals surface area contributed by atoms with Crippen LogP contribution < -0.4 is 0 Å². The Labute approximate surface area is 345 Å². The molecule has 59 heavy (non-hydrogen) atoms. The fourth-order valence-electron chi connectivity index (χ4n) is 9.42. The first-order valence-electron chi connectivity index (χ1n) is 20.4. The summed E-state index contributed by atoms with van der Waals surface area (Å²) in [5.41, 5.74) is 17.4. The van der Waals surface area contributed by atoms with Crippen molar-refractivity contribution in [2.75, 3.05) is 0 Å². The fraction of sp³-hybridized carbons (Fsp3) is 0.0526. The highest BCUT2D eigenvalue weighted by Crippen LogP contribution is 2.54. The normalized spacial score (nSPS) is 12.7. The number of hydrogen-bond donors (Lipinski definition) is 0. The lowest BCUT2D eigenvalue weighted by Crippen LogP contribution is -2.14. The Morgan fingerprint density at radius 1 is 0.322 bits per heavy atom. The average Bonchev–Trinajstić information content (AvgIpc) is 3.53. The van der Waals surface area contributed by atoms with Crippen molar-refractivity contribution >= 4 is 21.5 Å². The minimum absolute atomic E-state index is 0.120. The van der Waals surface area contributed by atoms with Gasteiger partial charge in [-0.1, -0.05) is 202 Å². The van der Waals surface area contributed by atoms with Gasteiger partial charge in [0.1, 0.15) is 0 Å². The summed E-state index contributed by atoms with van der Waals surface area (Å²) in [5, 5.41) is 4.89. The summed E-state index contributed by atoms with van der Waals surface area (Å²) in [7, 11) is 0. The molecule has 1 heterocycles. The molecule has 1 aliphatic carbocycles. The van der Waals surface area contributed by atoms with Crippen LogP contribution in [0.5, 0.6) is 0 Å². The van der Waals surface area contributed by atoms with Crippen molar-refractivity contribution in [2.24, 2.45) is 0 Å². The van der Waals surface area contributed by atoms with E-state index in [0.717, 1.165) is 44.6 Å². The molecule has 0 saturated carbocycles. The maximum Gasteiger partial charge on any atom is 0.160 e. The summed E-state index contributed by atoms with van der Waals surface area (Å²) in [6.45, 7) is 4.74. The van der Waals surface area contributed by atoms with Gasteiger partial charge in [0.25, 0.3) is 0 Å². The van der Waals surface area contributed by atoms with Crippen LogP contribution in [0.4, 0.5) is 0 Å². The van der Waals surface area contributed by atoms with Gasteiger partial charge in [-0.2, -0.15) is 0 Å². The van der Waals surface area contributed by atoms with E-state index >= 15 is 0 Å². The minimum Gasteiger partial charge on any atom is -0.228 e.